The van der Waals surface area contributed by atoms with E-state index in [1.54, 1.807) is 6.20 Å². The lowest BCUT2D eigenvalue weighted by molar-refractivity contribution is -0.123. The highest BCUT2D eigenvalue weighted by molar-refractivity contribution is 5.85. The summed E-state index contributed by atoms with van der Waals surface area (Å²) in [7, 11) is 0. The van der Waals surface area contributed by atoms with Gasteiger partial charge in [0, 0.05) is 11.8 Å². The molecule has 1 aromatic rings. The second-order valence-corrected chi connectivity index (χ2v) is 6.08. The van der Waals surface area contributed by atoms with Crippen LogP contribution >= 0.6 is 12.4 Å². The number of aromatic nitrogens is 1. The van der Waals surface area contributed by atoms with Gasteiger partial charge >= 0.3 is 0 Å². The van der Waals surface area contributed by atoms with Crippen molar-refractivity contribution in [2.75, 3.05) is 6.54 Å². The molecular formula is C13H20ClF2N3O2. The van der Waals surface area contributed by atoms with E-state index in [0.29, 0.717) is 11.7 Å². The van der Waals surface area contributed by atoms with E-state index in [9.17, 15) is 13.6 Å². The fourth-order valence-electron chi connectivity index (χ4n) is 1.93. The van der Waals surface area contributed by atoms with Gasteiger partial charge in [0.1, 0.15) is 5.76 Å². The average molecular weight is 324 g/mol. The Balaban J connectivity index is 0.00000220. The third kappa shape index (κ3) is 4.64. The Morgan fingerprint density at radius 3 is 2.71 bits per heavy atom. The van der Waals surface area contributed by atoms with Gasteiger partial charge in [0.2, 0.25) is 11.8 Å². The highest BCUT2D eigenvalue weighted by atomic mass is 35.5. The van der Waals surface area contributed by atoms with Crippen LogP contribution in [0.25, 0.3) is 0 Å². The monoisotopic (exact) mass is 323 g/mol. The van der Waals surface area contributed by atoms with Crippen LogP contribution in [0, 0.1) is 0 Å². The van der Waals surface area contributed by atoms with Gasteiger partial charge in [-0.1, -0.05) is 20.8 Å². The predicted octanol–water partition coefficient (Wildman–Crippen LogP) is 2.01. The Morgan fingerprint density at radius 1 is 1.57 bits per heavy atom. The third-order valence-corrected chi connectivity index (χ3v) is 3.13. The Kier molecular flexibility index (Phi) is 5.33. The molecule has 21 heavy (non-hydrogen) atoms. The summed E-state index contributed by atoms with van der Waals surface area (Å²) in [5, 5.41) is 5.05. The van der Waals surface area contributed by atoms with E-state index in [4.69, 9.17) is 4.42 Å². The highest BCUT2D eigenvalue weighted by Gasteiger charge is 2.42. The summed E-state index contributed by atoms with van der Waals surface area (Å²) in [6.07, 6.45) is 1.14. The van der Waals surface area contributed by atoms with E-state index >= 15 is 0 Å². The van der Waals surface area contributed by atoms with Gasteiger partial charge in [0.05, 0.1) is 25.3 Å². The molecule has 0 saturated carbocycles. The van der Waals surface area contributed by atoms with Gasteiger partial charge in [0.25, 0.3) is 5.92 Å². The number of hydrogen-bond acceptors (Lipinski definition) is 4. The average Bonchev–Trinajstić information content (AvgIpc) is 2.91. The molecule has 2 rings (SSSR count). The van der Waals surface area contributed by atoms with Gasteiger partial charge in [-0.2, -0.15) is 0 Å². The molecule has 0 aromatic carbocycles. The summed E-state index contributed by atoms with van der Waals surface area (Å²) in [4.78, 5) is 15.8. The quantitative estimate of drug-likeness (QED) is 0.893. The predicted molar refractivity (Wildman–Crippen MR) is 75.7 cm³/mol. The van der Waals surface area contributed by atoms with Crippen molar-refractivity contribution in [1.29, 1.82) is 0 Å². The van der Waals surface area contributed by atoms with E-state index in [2.05, 4.69) is 15.6 Å². The summed E-state index contributed by atoms with van der Waals surface area (Å²) in [6, 6.07) is -0.859. The molecule has 0 bridgehead atoms. The van der Waals surface area contributed by atoms with Crippen molar-refractivity contribution in [3.8, 4) is 0 Å². The van der Waals surface area contributed by atoms with Crippen LogP contribution in [-0.4, -0.2) is 29.4 Å². The Bertz CT molecular complexity index is 500. The number of nitrogens with one attached hydrogen (secondary N) is 2. The lowest BCUT2D eigenvalue weighted by atomic mass is 9.94. The molecule has 1 aliphatic rings. The maximum absolute atomic E-state index is 13.0. The van der Waals surface area contributed by atoms with Gasteiger partial charge in [-0.05, 0) is 0 Å². The molecule has 1 fully saturated rings. The van der Waals surface area contributed by atoms with Crippen LogP contribution in [0.3, 0.4) is 0 Å². The van der Waals surface area contributed by atoms with Gasteiger partial charge < -0.3 is 9.73 Å². The Hall–Kier alpha value is -1.21. The van der Waals surface area contributed by atoms with Crippen LogP contribution in [0.4, 0.5) is 8.78 Å². The summed E-state index contributed by atoms with van der Waals surface area (Å²) < 4.78 is 31.5. The Morgan fingerprint density at radius 2 is 2.24 bits per heavy atom. The van der Waals surface area contributed by atoms with Crippen molar-refractivity contribution in [3.63, 3.8) is 0 Å². The zero-order chi connectivity index (χ0) is 15.0. The molecule has 0 radical (unpaired) electrons. The van der Waals surface area contributed by atoms with Crippen LogP contribution in [0.5, 0.6) is 0 Å². The van der Waals surface area contributed by atoms with E-state index in [-0.39, 0.29) is 24.4 Å². The van der Waals surface area contributed by atoms with E-state index in [1.807, 2.05) is 20.8 Å². The smallest absolute Gasteiger partial charge is 0.262 e. The molecule has 1 atom stereocenters. The van der Waals surface area contributed by atoms with E-state index < -0.39 is 30.8 Å². The van der Waals surface area contributed by atoms with E-state index in [0.717, 1.165) is 0 Å². The molecule has 1 saturated heterocycles. The lowest BCUT2D eigenvalue weighted by Crippen LogP contribution is -2.40. The molecule has 2 N–H and O–H groups in total. The van der Waals surface area contributed by atoms with Gasteiger partial charge in [0.15, 0.2) is 0 Å². The maximum Gasteiger partial charge on any atom is 0.262 e. The van der Waals surface area contributed by atoms with Gasteiger partial charge in [-0.15, -0.1) is 12.4 Å². The molecule has 1 aromatic heterocycles. The second kappa shape index (κ2) is 6.27. The van der Waals surface area contributed by atoms with Crippen molar-refractivity contribution in [2.24, 2.45) is 0 Å². The van der Waals surface area contributed by atoms with Gasteiger partial charge in [-0.3, -0.25) is 10.1 Å². The van der Waals surface area contributed by atoms with Crippen molar-refractivity contribution in [1.82, 2.24) is 15.6 Å². The normalized spacial score (nSPS) is 20.9. The second-order valence-electron chi connectivity index (χ2n) is 6.08. The zero-order valence-corrected chi connectivity index (χ0v) is 13.0. The molecular weight excluding hydrogens is 304 g/mol. The number of oxazole rings is 1. The number of carbonyl (C=O) groups excluding carboxylic acids is 1. The van der Waals surface area contributed by atoms with Crippen molar-refractivity contribution >= 4 is 18.3 Å². The Labute approximate surface area is 128 Å². The fourth-order valence-corrected chi connectivity index (χ4v) is 1.93. The molecule has 120 valence electrons. The SMILES string of the molecule is CC(C)(C)c1cnc(CNC(=O)C2CC(F)(F)CN2)o1.Cl. The standard InChI is InChI=1S/C13H19F2N3O2.ClH/c1-12(2,3)9-5-16-10(20-9)6-17-11(19)8-4-13(14,15)7-18-8;/h5,8,18H,4,6-7H2,1-3H3,(H,17,19);1H. The maximum atomic E-state index is 13.0. The minimum absolute atomic E-state index is 0. The number of halogens is 3. The number of hydrogen-bond donors (Lipinski definition) is 2. The van der Waals surface area contributed by atoms with Crippen LogP contribution in [-0.2, 0) is 16.8 Å². The molecule has 1 unspecified atom stereocenters. The van der Waals surface area contributed by atoms with Crippen LogP contribution < -0.4 is 10.6 Å². The van der Waals surface area contributed by atoms with Crippen LogP contribution in [0.1, 0.15) is 38.8 Å². The van der Waals surface area contributed by atoms with Crippen molar-refractivity contribution in [2.45, 2.75) is 51.1 Å². The molecule has 5 nitrogen and oxygen atoms in total. The van der Waals surface area contributed by atoms with E-state index in [1.165, 1.54) is 0 Å². The van der Waals surface area contributed by atoms with Gasteiger partial charge in [-0.25, -0.2) is 13.8 Å². The summed E-state index contributed by atoms with van der Waals surface area (Å²) in [5.74, 6) is -2.19. The summed E-state index contributed by atoms with van der Waals surface area (Å²) in [5.41, 5.74) is -0.162. The molecule has 0 aliphatic carbocycles. The minimum Gasteiger partial charge on any atom is -0.443 e. The lowest BCUT2D eigenvalue weighted by Gasteiger charge is -2.13. The minimum atomic E-state index is -2.82. The molecule has 8 heteroatoms. The first-order chi connectivity index (χ1) is 9.17. The topological polar surface area (TPSA) is 67.2 Å². The first-order valence-corrected chi connectivity index (χ1v) is 6.51. The molecule has 2 heterocycles. The number of nitrogens with zero attached hydrogens (tertiary/aromatic N) is 1. The number of amides is 1. The third-order valence-electron chi connectivity index (χ3n) is 3.13. The molecule has 1 aliphatic heterocycles. The first-order valence-electron chi connectivity index (χ1n) is 6.51. The van der Waals surface area contributed by atoms with Crippen LogP contribution in [0.2, 0.25) is 0 Å². The summed E-state index contributed by atoms with van der Waals surface area (Å²) >= 11 is 0. The molecule has 0 spiro atoms. The molecule has 1 amide bonds. The summed E-state index contributed by atoms with van der Waals surface area (Å²) in [6.45, 7) is 5.60. The highest BCUT2D eigenvalue weighted by Crippen LogP contribution is 2.25. The fraction of sp³-hybridized carbons (Fsp3) is 0.692. The number of rotatable bonds is 3. The number of carbonyl (C=O) groups is 1. The first kappa shape index (κ1) is 17.8. The van der Waals surface area contributed by atoms with Crippen molar-refractivity contribution in [3.05, 3.63) is 17.8 Å². The number of alkyl halides is 2. The van der Waals surface area contributed by atoms with Crippen LogP contribution in [0.15, 0.2) is 10.6 Å². The van der Waals surface area contributed by atoms with Crippen molar-refractivity contribution < 1.29 is 18.0 Å². The largest absolute Gasteiger partial charge is 0.443 e. The zero-order valence-electron chi connectivity index (χ0n) is 12.2.